The first kappa shape index (κ1) is 23.8. The van der Waals surface area contributed by atoms with Gasteiger partial charge in [-0.15, -0.1) is 0 Å². The van der Waals surface area contributed by atoms with Crippen LogP contribution >= 0.6 is 0 Å². The van der Waals surface area contributed by atoms with Crippen LogP contribution in [0.3, 0.4) is 0 Å². The summed E-state index contributed by atoms with van der Waals surface area (Å²) in [7, 11) is 0. The summed E-state index contributed by atoms with van der Waals surface area (Å²) in [6, 6.07) is 27.0. The number of fused-ring (bicyclic) bond motifs is 2. The van der Waals surface area contributed by atoms with Gasteiger partial charge in [-0.2, -0.15) is 0 Å². The predicted octanol–water partition coefficient (Wildman–Crippen LogP) is 5.61. The number of likely N-dealkylation sites (tertiary alicyclic amines) is 2. The van der Waals surface area contributed by atoms with Gasteiger partial charge in [0.05, 0.1) is 5.92 Å². The van der Waals surface area contributed by atoms with E-state index in [1.807, 2.05) is 40.1 Å². The minimum Gasteiger partial charge on any atom is -0.361 e. The van der Waals surface area contributed by atoms with Crippen molar-refractivity contribution >= 4 is 33.6 Å². The van der Waals surface area contributed by atoms with Crippen LogP contribution in [0, 0.1) is 5.92 Å². The van der Waals surface area contributed by atoms with Gasteiger partial charge in [0, 0.05) is 72.2 Å². The third-order valence-electron chi connectivity index (χ3n) is 8.92. The molecule has 1 atom stereocenters. The summed E-state index contributed by atoms with van der Waals surface area (Å²) in [5, 5.41) is 2.47. The Labute approximate surface area is 227 Å². The second-order valence-corrected chi connectivity index (χ2v) is 11.1. The first-order valence-electron chi connectivity index (χ1n) is 13.9. The Morgan fingerprint density at radius 3 is 1.97 bits per heavy atom. The third-order valence-corrected chi connectivity index (χ3v) is 8.92. The van der Waals surface area contributed by atoms with Crippen LogP contribution in [0.25, 0.3) is 21.8 Å². The Bertz CT molecular complexity index is 1580. The van der Waals surface area contributed by atoms with Gasteiger partial charge in [0.25, 0.3) is 0 Å². The van der Waals surface area contributed by atoms with E-state index in [2.05, 4.69) is 70.9 Å². The lowest BCUT2D eigenvalue weighted by Crippen LogP contribution is -2.47. The van der Waals surface area contributed by atoms with E-state index in [1.54, 1.807) is 0 Å². The van der Waals surface area contributed by atoms with E-state index in [9.17, 15) is 9.59 Å². The number of hydrogen-bond donors (Lipinski definition) is 2. The number of H-pyrrole nitrogens is 2. The summed E-state index contributed by atoms with van der Waals surface area (Å²) in [6.07, 6.45) is 6.30. The lowest BCUT2D eigenvalue weighted by molar-refractivity contribution is -0.137. The van der Waals surface area contributed by atoms with Crippen LogP contribution in [0.15, 0.2) is 91.3 Å². The van der Waals surface area contributed by atoms with Crippen molar-refractivity contribution in [2.45, 2.75) is 31.2 Å². The molecule has 2 saturated heterocycles. The van der Waals surface area contributed by atoms with Crippen molar-refractivity contribution in [2.75, 3.05) is 19.6 Å². The molecule has 2 aromatic heterocycles. The van der Waals surface area contributed by atoms with E-state index >= 15 is 0 Å². The molecular formula is C33H32N4O2. The van der Waals surface area contributed by atoms with Crippen LogP contribution < -0.4 is 0 Å². The Morgan fingerprint density at radius 1 is 0.795 bits per heavy atom. The lowest BCUT2D eigenvalue weighted by atomic mass is 9.67. The Hall–Kier alpha value is -4.32. The molecule has 6 heteroatoms. The number of para-hydroxylation sites is 2. The SMILES string of the molecule is O=C1C[C@@H](C(=O)N2CCC(c3c[nH]c4ccccc34)(c3c[nH]c4ccccc34)CC2)CN1Cc1ccccc1. The molecule has 0 aliphatic carbocycles. The largest absolute Gasteiger partial charge is 0.361 e. The fraction of sp³-hybridized carbons (Fsp3) is 0.273. The fourth-order valence-corrected chi connectivity index (χ4v) is 6.88. The second-order valence-electron chi connectivity index (χ2n) is 11.1. The van der Waals surface area contributed by atoms with Gasteiger partial charge in [-0.05, 0) is 41.7 Å². The highest BCUT2D eigenvalue weighted by Gasteiger charge is 2.44. The van der Waals surface area contributed by atoms with Crippen LogP contribution in [-0.4, -0.2) is 51.2 Å². The zero-order chi connectivity index (χ0) is 26.4. The minimum absolute atomic E-state index is 0.0705. The molecule has 2 N–H and O–H groups in total. The number of hydrogen-bond acceptors (Lipinski definition) is 2. The number of nitrogens with one attached hydrogen (secondary N) is 2. The monoisotopic (exact) mass is 516 g/mol. The van der Waals surface area contributed by atoms with Gasteiger partial charge in [-0.25, -0.2) is 0 Å². The molecule has 39 heavy (non-hydrogen) atoms. The summed E-state index contributed by atoms with van der Waals surface area (Å²) in [5.41, 5.74) is 5.72. The van der Waals surface area contributed by atoms with Crippen molar-refractivity contribution in [3.05, 3.63) is 108 Å². The topological polar surface area (TPSA) is 72.2 Å². The highest BCUT2D eigenvalue weighted by Crippen LogP contribution is 2.47. The maximum absolute atomic E-state index is 13.7. The van der Waals surface area contributed by atoms with Crippen molar-refractivity contribution in [3.63, 3.8) is 0 Å². The molecule has 5 aromatic rings. The summed E-state index contributed by atoms with van der Waals surface area (Å²) in [6.45, 7) is 2.40. The number of piperidine rings is 1. The fourth-order valence-electron chi connectivity index (χ4n) is 6.88. The zero-order valence-electron chi connectivity index (χ0n) is 21.9. The van der Waals surface area contributed by atoms with Gasteiger partial charge in [0.2, 0.25) is 11.8 Å². The molecule has 0 radical (unpaired) electrons. The highest BCUT2D eigenvalue weighted by atomic mass is 16.2. The number of carbonyl (C=O) groups is 2. The van der Waals surface area contributed by atoms with E-state index in [4.69, 9.17) is 0 Å². The van der Waals surface area contributed by atoms with Crippen molar-refractivity contribution in [2.24, 2.45) is 5.92 Å². The molecule has 2 fully saturated rings. The summed E-state index contributed by atoms with van der Waals surface area (Å²) >= 11 is 0. The van der Waals surface area contributed by atoms with Crippen molar-refractivity contribution in [1.29, 1.82) is 0 Å². The van der Waals surface area contributed by atoms with Crippen LogP contribution in [0.4, 0.5) is 0 Å². The molecule has 0 bridgehead atoms. The lowest BCUT2D eigenvalue weighted by Gasteiger charge is -2.43. The Kier molecular flexibility index (Phi) is 5.76. The summed E-state index contributed by atoms with van der Waals surface area (Å²) < 4.78 is 0. The van der Waals surface area contributed by atoms with E-state index in [-0.39, 0.29) is 23.1 Å². The normalized spacial score (nSPS) is 19.3. The highest BCUT2D eigenvalue weighted by molar-refractivity contribution is 5.91. The molecule has 0 spiro atoms. The van der Waals surface area contributed by atoms with Gasteiger partial charge < -0.3 is 19.8 Å². The maximum Gasteiger partial charge on any atom is 0.227 e. The average Bonchev–Trinajstić information content (AvgIpc) is 3.71. The zero-order valence-corrected chi connectivity index (χ0v) is 21.9. The summed E-state index contributed by atoms with van der Waals surface area (Å²) in [5.74, 6) is -0.0820. The minimum atomic E-state index is -0.269. The van der Waals surface area contributed by atoms with Crippen molar-refractivity contribution < 1.29 is 9.59 Å². The molecule has 4 heterocycles. The van der Waals surface area contributed by atoms with Crippen LogP contribution in [0.5, 0.6) is 0 Å². The first-order valence-corrected chi connectivity index (χ1v) is 13.9. The molecule has 7 rings (SSSR count). The molecule has 3 aromatic carbocycles. The Balaban J connectivity index is 1.16. The quantitative estimate of drug-likeness (QED) is 0.319. The average molecular weight is 517 g/mol. The number of nitrogens with zero attached hydrogens (tertiary/aromatic N) is 2. The molecule has 0 saturated carbocycles. The molecule has 196 valence electrons. The number of benzene rings is 3. The molecule has 6 nitrogen and oxygen atoms in total. The van der Waals surface area contributed by atoms with E-state index in [1.165, 1.54) is 21.9 Å². The van der Waals surface area contributed by atoms with Crippen LogP contribution in [0.2, 0.25) is 0 Å². The third kappa shape index (κ3) is 4.02. The van der Waals surface area contributed by atoms with Gasteiger partial charge in [-0.1, -0.05) is 66.7 Å². The second kappa shape index (κ2) is 9.45. The van der Waals surface area contributed by atoms with Crippen LogP contribution in [0.1, 0.15) is 36.0 Å². The van der Waals surface area contributed by atoms with E-state index in [0.29, 0.717) is 32.6 Å². The molecule has 2 aliphatic rings. The smallest absolute Gasteiger partial charge is 0.227 e. The van der Waals surface area contributed by atoms with Crippen LogP contribution in [-0.2, 0) is 21.5 Å². The van der Waals surface area contributed by atoms with Gasteiger partial charge in [0.1, 0.15) is 0 Å². The number of rotatable bonds is 5. The first-order chi connectivity index (χ1) is 19.1. The van der Waals surface area contributed by atoms with Crippen molar-refractivity contribution in [3.8, 4) is 0 Å². The van der Waals surface area contributed by atoms with Gasteiger partial charge in [0.15, 0.2) is 0 Å². The van der Waals surface area contributed by atoms with E-state index < -0.39 is 0 Å². The number of carbonyl (C=O) groups excluding carboxylic acids is 2. The maximum atomic E-state index is 13.7. The predicted molar refractivity (Wildman–Crippen MR) is 153 cm³/mol. The Morgan fingerprint density at radius 2 is 1.36 bits per heavy atom. The molecular weight excluding hydrogens is 484 g/mol. The summed E-state index contributed by atoms with van der Waals surface area (Å²) in [4.78, 5) is 37.3. The standard InChI is InChI=1S/C33H32N4O2/c38-31-18-24(22-37(31)21-23-8-2-1-3-9-23)32(39)36-16-14-33(15-17-36,27-19-34-29-12-6-4-10-25(27)29)28-20-35-30-13-7-5-11-26(28)30/h1-13,19-20,24,34-35H,14-18,21-22H2/t24-/m1/s1. The van der Waals surface area contributed by atoms with Gasteiger partial charge in [-0.3, -0.25) is 9.59 Å². The van der Waals surface area contributed by atoms with Gasteiger partial charge >= 0.3 is 0 Å². The number of aromatic nitrogens is 2. The molecule has 0 unspecified atom stereocenters. The molecule has 2 amide bonds. The van der Waals surface area contributed by atoms with E-state index in [0.717, 1.165) is 29.4 Å². The number of aromatic amines is 2. The number of amides is 2. The van der Waals surface area contributed by atoms with Crippen molar-refractivity contribution in [1.82, 2.24) is 19.8 Å². The molecule has 2 aliphatic heterocycles.